The summed E-state index contributed by atoms with van der Waals surface area (Å²) in [7, 11) is -3.53. The van der Waals surface area contributed by atoms with E-state index >= 15 is 0 Å². The molecule has 7 nitrogen and oxygen atoms in total. The molecule has 0 aliphatic heterocycles. The van der Waals surface area contributed by atoms with E-state index in [4.69, 9.17) is 13.7 Å². The number of ether oxygens (including phenoxy) is 2. The Hall–Kier alpha value is -1.67. The zero-order valence-corrected chi connectivity index (χ0v) is 16.6. The van der Waals surface area contributed by atoms with Crippen LogP contribution in [-0.2, 0) is 33.4 Å². The van der Waals surface area contributed by atoms with Crippen molar-refractivity contribution in [1.82, 2.24) is 0 Å². The molecular formula is C18H30O7S. The highest BCUT2D eigenvalue weighted by molar-refractivity contribution is 7.86. The summed E-state index contributed by atoms with van der Waals surface area (Å²) in [6.07, 6.45) is 10.5. The van der Waals surface area contributed by atoms with Gasteiger partial charge in [-0.25, -0.2) is 9.59 Å². The lowest BCUT2D eigenvalue weighted by Crippen LogP contribution is -2.17. The fraction of sp³-hybridized carbons (Fsp3) is 0.667. The van der Waals surface area contributed by atoms with Gasteiger partial charge in [-0.15, -0.1) is 0 Å². The lowest BCUT2D eigenvalue weighted by molar-refractivity contribution is -0.138. The molecule has 0 radical (unpaired) electrons. The first-order chi connectivity index (χ1) is 12.3. The first-order valence-electron chi connectivity index (χ1n) is 8.83. The fourth-order valence-corrected chi connectivity index (χ4v) is 2.84. The van der Waals surface area contributed by atoms with Gasteiger partial charge in [-0.1, -0.05) is 12.2 Å². The van der Waals surface area contributed by atoms with E-state index in [-0.39, 0.29) is 11.9 Å². The molecule has 0 fully saturated rings. The molecule has 0 saturated carbocycles. The lowest BCUT2D eigenvalue weighted by Gasteiger charge is -2.15. The third-order valence-electron chi connectivity index (χ3n) is 3.19. The van der Waals surface area contributed by atoms with Crippen LogP contribution in [0.5, 0.6) is 0 Å². The van der Waals surface area contributed by atoms with E-state index in [1.54, 1.807) is 26.0 Å². The minimum absolute atomic E-state index is 0.331. The van der Waals surface area contributed by atoms with Crippen molar-refractivity contribution in [3.05, 3.63) is 24.3 Å². The Morgan fingerprint density at radius 2 is 1.31 bits per heavy atom. The second-order valence-corrected chi connectivity index (χ2v) is 7.19. The summed E-state index contributed by atoms with van der Waals surface area (Å²) >= 11 is 0. The molecule has 0 aromatic heterocycles. The molecule has 0 rings (SSSR count). The molecule has 0 amide bonds. The second kappa shape index (κ2) is 14.5. The van der Waals surface area contributed by atoms with Gasteiger partial charge in [0.1, 0.15) is 0 Å². The van der Waals surface area contributed by atoms with Gasteiger partial charge in [-0.05, 0) is 52.4 Å². The van der Waals surface area contributed by atoms with Gasteiger partial charge in [0.15, 0.2) is 0 Å². The Balaban J connectivity index is 4.24. The van der Waals surface area contributed by atoms with Gasteiger partial charge < -0.3 is 9.47 Å². The molecule has 150 valence electrons. The number of esters is 2. The van der Waals surface area contributed by atoms with Crippen molar-refractivity contribution >= 4 is 22.1 Å². The molecule has 0 aliphatic carbocycles. The third kappa shape index (κ3) is 15.8. The molecule has 0 aliphatic rings. The summed E-state index contributed by atoms with van der Waals surface area (Å²) in [4.78, 5) is 22.3. The molecule has 0 aromatic rings. The van der Waals surface area contributed by atoms with Crippen molar-refractivity contribution in [2.45, 2.75) is 58.5 Å². The maximum atomic E-state index is 11.4. The van der Waals surface area contributed by atoms with Crippen molar-refractivity contribution in [2.24, 2.45) is 0 Å². The molecule has 0 atom stereocenters. The molecule has 0 aromatic carbocycles. The standard InChI is InChI=1S/C18H30O7S/c1-4-23-17(19)14-10-6-8-12-16(25-26(3,21)22)13-9-7-11-15-18(20)24-5-2/h10-11,14-16H,4-9,12-13H2,1-3H3/b14-10+,15-11+. The number of carbonyl (C=O) groups is 2. The number of allylic oxidation sites excluding steroid dienone is 2. The SMILES string of the molecule is CCOC(=O)/C=C/CCCC(CCC/C=C/C(=O)OCC)OS(C)(=O)=O. The van der Waals surface area contributed by atoms with Crippen LogP contribution in [-0.4, -0.2) is 45.9 Å². The molecule has 0 saturated heterocycles. The monoisotopic (exact) mass is 390 g/mol. The van der Waals surface area contributed by atoms with Crippen LogP contribution in [0.3, 0.4) is 0 Å². The van der Waals surface area contributed by atoms with Crippen LogP contribution in [0.15, 0.2) is 24.3 Å². The predicted octanol–water partition coefficient (Wildman–Crippen LogP) is 2.91. The predicted molar refractivity (Wildman–Crippen MR) is 99.0 cm³/mol. The molecule has 26 heavy (non-hydrogen) atoms. The topological polar surface area (TPSA) is 96.0 Å². The van der Waals surface area contributed by atoms with Gasteiger partial charge in [0, 0.05) is 12.2 Å². The summed E-state index contributed by atoms with van der Waals surface area (Å²) < 4.78 is 37.4. The maximum absolute atomic E-state index is 11.4. The van der Waals surface area contributed by atoms with E-state index in [0.717, 1.165) is 6.26 Å². The number of hydrogen-bond acceptors (Lipinski definition) is 7. The molecule has 0 spiro atoms. The first kappa shape index (κ1) is 24.3. The van der Waals surface area contributed by atoms with Crippen molar-refractivity contribution in [3.63, 3.8) is 0 Å². The van der Waals surface area contributed by atoms with Gasteiger partial charge in [0.05, 0.1) is 25.6 Å². The molecule has 0 bridgehead atoms. The smallest absolute Gasteiger partial charge is 0.330 e. The van der Waals surface area contributed by atoms with Crippen LogP contribution in [0, 0.1) is 0 Å². The summed E-state index contributed by atoms with van der Waals surface area (Å²) in [5, 5.41) is 0. The molecule has 8 heteroatoms. The van der Waals surface area contributed by atoms with E-state index in [9.17, 15) is 18.0 Å². The van der Waals surface area contributed by atoms with Gasteiger partial charge >= 0.3 is 11.9 Å². The minimum Gasteiger partial charge on any atom is -0.463 e. The van der Waals surface area contributed by atoms with Crippen molar-refractivity contribution in [3.8, 4) is 0 Å². The van der Waals surface area contributed by atoms with Crippen LogP contribution in [0.4, 0.5) is 0 Å². The normalized spacial score (nSPS) is 12.2. The summed E-state index contributed by atoms with van der Waals surface area (Å²) in [5.41, 5.74) is 0. The number of carbonyl (C=O) groups excluding carboxylic acids is 2. The Kier molecular flexibility index (Phi) is 13.6. The quantitative estimate of drug-likeness (QED) is 0.195. The highest BCUT2D eigenvalue weighted by Gasteiger charge is 2.14. The number of rotatable bonds is 14. The Morgan fingerprint density at radius 3 is 1.65 bits per heavy atom. The van der Waals surface area contributed by atoms with Crippen LogP contribution >= 0.6 is 0 Å². The Morgan fingerprint density at radius 1 is 0.885 bits per heavy atom. The van der Waals surface area contributed by atoms with E-state index in [1.165, 1.54) is 12.2 Å². The highest BCUT2D eigenvalue weighted by Crippen LogP contribution is 2.15. The average molecular weight is 390 g/mol. The lowest BCUT2D eigenvalue weighted by atomic mass is 10.1. The number of hydrogen-bond donors (Lipinski definition) is 0. The maximum Gasteiger partial charge on any atom is 0.330 e. The average Bonchev–Trinajstić information content (AvgIpc) is 2.53. The van der Waals surface area contributed by atoms with Crippen molar-refractivity contribution in [1.29, 1.82) is 0 Å². The Bertz CT molecular complexity index is 530. The van der Waals surface area contributed by atoms with E-state index in [2.05, 4.69) is 0 Å². The molecular weight excluding hydrogens is 360 g/mol. The summed E-state index contributed by atoms with van der Waals surface area (Å²) in [6, 6.07) is 0. The third-order valence-corrected chi connectivity index (χ3v) is 3.81. The molecule has 0 N–H and O–H groups in total. The van der Waals surface area contributed by atoms with Crippen molar-refractivity contribution in [2.75, 3.05) is 19.5 Å². The van der Waals surface area contributed by atoms with Gasteiger partial charge in [0.25, 0.3) is 10.1 Å². The summed E-state index contributed by atoms with van der Waals surface area (Å²) in [5.74, 6) is -0.769. The van der Waals surface area contributed by atoms with Crippen LogP contribution in [0.2, 0.25) is 0 Å². The van der Waals surface area contributed by atoms with Crippen molar-refractivity contribution < 1.29 is 31.7 Å². The van der Waals surface area contributed by atoms with Crippen LogP contribution in [0.25, 0.3) is 0 Å². The highest BCUT2D eigenvalue weighted by atomic mass is 32.2. The molecule has 0 heterocycles. The van der Waals surface area contributed by atoms with Gasteiger partial charge in [-0.3, -0.25) is 4.18 Å². The Labute approximate surface area is 156 Å². The van der Waals surface area contributed by atoms with E-state index < -0.39 is 16.2 Å². The largest absolute Gasteiger partial charge is 0.463 e. The van der Waals surface area contributed by atoms with E-state index in [1.807, 2.05) is 0 Å². The first-order valence-corrected chi connectivity index (χ1v) is 10.6. The second-order valence-electron chi connectivity index (χ2n) is 5.59. The minimum atomic E-state index is -3.53. The summed E-state index contributed by atoms with van der Waals surface area (Å²) in [6.45, 7) is 4.14. The van der Waals surface area contributed by atoms with Crippen LogP contribution < -0.4 is 0 Å². The van der Waals surface area contributed by atoms with Crippen LogP contribution in [0.1, 0.15) is 52.4 Å². The van der Waals surface area contributed by atoms with E-state index in [0.29, 0.717) is 51.7 Å². The molecule has 0 unspecified atom stereocenters. The number of unbranched alkanes of at least 4 members (excludes halogenated alkanes) is 2. The zero-order chi connectivity index (χ0) is 19.8. The van der Waals surface area contributed by atoms with Gasteiger partial charge in [0.2, 0.25) is 0 Å². The van der Waals surface area contributed by atoms with Gasteiger partial charge in [-0.2, -0.15) is 8.42 Å². The fourth-order valence-electron chi connectivity index (χ4n) is 2.15. The zero-order valence-electron chi connectivity index (χ0n) is 15.8.